The maximum absolute atomic E-state index is 12.0. The van der Waals surface area contributed by atoms with Gasteiger partial charge in [0.25, 0.3) is 0 Å². The highest BCUT2D eigenvalue weighted by molar-refractivity contribution is 9.10. The zero-order valence-corrected chi connectivity index (χ0v) is 12.4. The van der Waals surface area contributed by atoms with Crippen LogP contribution in [0.25, 0.3) is 0 Å². The number of hydrogen-bond donors (Lipinski definition) is 0. The van der Waals surface area contributed by atoms with E-state index in [0.717, 1.165) is 22.0 Å². The number of carbonyl (C=O) groups excluding carboxylic acids is 1. The lowest BCUT2D eigenvalue weighted by Crippen LogP contribution is -2.23. The second-order valence-electron chi connectivity index (χ2n) is 4.85. The van der Waals surface area contributed by atoms with E-state index in [1.165, 1.54) is 0 Å². The third kappa shape index (κ3) is 4.25. The fourth-order valence-electron chi connectivity index (χ4n) is 1.48. The average molecular weight is 299 g/mol. The third-order valence-corrected chi connectivity index (χ3v) is 3.88. The van der Waals surface area contributed by atoms with Crippen molar-refractivity contribution in [2.75, 3.05) is 7.11 Å². The molecule has 0 unspecified atom stereocenters. The topological polar surface area (TPSA) is 26.3 Å². The van der Waals surface area contributed by atoms with E-state index >= 15 is 0 Å². The van der Waals surface area contributed by atoms with Gasteiger partial charge in [0.05, 0.1) is 5.60 Å². The van der Waals surface area contributed by atoms with Gasteiger partial charge in [-0.2, -0.15) is 0 Å². The summed E-state index contributed by atoms with van der Waals surface area (Å²) in [5.41, 5.74) is 1.62. The lowest BCUT2D eigenvalue weighted by atomic mass is 9.97. The maximum Gasteiger partial charge on any atom is 0.162 e. The molecule has 0 aliphatic heterocycles. The Balaban J connectivity index is 2.68. The smallest absolute Gasteiger partial charge is 0.162 e. The van der Waals surface area contributed by atoms with Crippen LogP contribution in [0.2, 0.25) is 0 Å². The van der Waals surface area contributed by atoms with Gasteiger partial charge in [0.2, 0.25) is 0 Å². The molecule has 0 aliphatic rings. The molecule has 0 atom stereocenters. The number of halogens is 1. The Hall–Kier alpha value is -0.670. The van der Waals surface area contributed by atoms with Crippen LogP contribution in [0, 0.1) is 6.92 Å². The Kier molecular flexibility index (Phi) is 4.90. The van der Waals surface area contributed by atoms with Crippen LogP contribution in [-0.4, -0.2) is 18.5 Å². The zero-order chi connectivity index (χ0) is 13.1. The summed E-state index contributed by atoms with van der Waals surface area (Å²) < 4.78 is 6.34. The molecule has 94 valence electrons. The van der Waals surface area contributed by atoms with Gasteiger partial charge in [-0.1, -0.05) is 22.0 Å². The van der Waals surface area contributed by atoms with Crippen molar-refractivity contribution < 1.29 is 9.53 Å². The third-order valence-electron chi connectivity index (χ3n) is 2.99. The van der Waals surface area contributed by atoms with Gasteiger partial charge < -0.3 is 4.74 Å². The highest BCUT2D eigenvalue weighted by Crippen LogP contribution is 2.21. The van der Waals surface area contributed by atoms with Crippen LogP contribution in [0.1, 0.15) is 42.6 Å². The molecule has 0 amide bonds. The summed E-state index contributed by atoms with van der Waals surface area (Å²) in [6, 6.07) is 5.70. The number of carbonyl (C=O) groups is 1. The van der Waals surface area contributed by atoms with Gasteiger partial charge in [-0.05, 0) is 44.9 Å². The van der Waals surface area contributed by atoms with Crippen molar-refractivity contribution in [1.29, 1.82) is 0 Å². The van der Waals surface area contributed by atoms with E-state index in [9.17, 15) is 4.79 Å². The van der Waals surface area contributed by atoms with E-state index in [4.69, 9.17) is 4.74 Å². The Morgan fingerprint density at radius 3 is 2.59 bits per heavy atom. The fraction of sp³-hybridized carbons (Fsp3) is 0.500. The quantitative estimate of drug-likeness (QED) is 0.764. The van der Waals surface area contributed by atoms with Crippen molar-refractivity contribution in [2.45, 2.75) is 39.2 Å². The number of ether oxygens (including phenoxy) is 1. The first-order valence-corrected chi connectivity index (χ1v) is 6.49. The normalized spacial score (nSPS) is 11.6. The van der Waals surface area contributed by atoms with Crippen molar-refractivity contribution in [1.82, 2.24) is 0 Å². The minimum Gasteiger partial charge on any atom is -0.379 e. The summed E-state index contributed by atoms with van der Waals surface area (Å²) in [7, 11) is 1.67. The summed E-state index contributed by atoms with van der Waals surface area (Å²) in [6.07, 6.45) is 1.25. The molecule has 0 bridgehead atoms. The predicted octanol–water partition coefficient (Wildman–Crippen LogP) is 4.15. The van der Waals surface area contributed by atoms with Crippen LogP contribution in [0.4, 0.5) is 0 Å². The summed E-state index contributed by atoms with van der Waals surface area (Å²) in [5, 5.41) is 0. The minimum absolute atomic E-state index is 0.172. The first-order valence-electron chi connectivity index (χ1n) is 5.70. The molecule has 0 heterocycles. The number of rotatable bonds is 5. The van der Waals surface area contributed by atoms with Crippen LogP contribution in [-0.2, 0) is 4.74 Å². The Bertz CT molecular complexity index is 411. The molecule has 1 aromatic rings. The van der Waals surface area contributed by atoms with E-state index in [1.807, 2.05) is 39.0 Å². The van der Waals surface area contributed by atoms with Gasteiger partial charge in [-0.3, -0.25) is 4.79 Å². The first kappa shape index (κ1) is 14.4. The Morgan fingerprint density at radius 1 is 1.41 bits per heavy atom. The summed E-state index contributed by atoms with van der Waals surface area (Å²) in [6.45, 7) is 5.97. The molecule has 0 aliphatic carbocycles. The van der Waals surface area contributed by atoms with Crippen LogP contribution < -0.4 is 0 Å². The molecule has 0 fully saturated rings. The molecule has 3 heteroatoms. The second kappa shape index (κ2) is 5.78. The lowest BCUT2D eigenvalue weighted by molar-refractivity contribution is 0.0141. The summed E-state index contributed by atoms with van der Waals surface area (Å²) >= 11 is 3.43. The molecule has 1 aromatic carbocycles. The van der Waals surface area contributed by atoms with Gasteiger partial charge >= 0.3 is 0 Å². The van der Waals surface area contributed by atoms with Crippen molar-refractivity contribution in [3.63, 3.8) is 0 Å². The largest absolute Gasteiger partial charge is 0.379 e. The summed E-state index contributed by atoms with van der Waals surface area (Å²) in [5.74, 6) is 0.172. The average Bonchev–Trinajstić information content (AvgIpc) is 2.30. The SMILES string of the molecule is COC(C)(C)CCC(=O)c1ccc(Br)c(C)c1. The van der Waals surface area contributed by atoms with E-state index in [2.05, 4.69) is 15.9 Å². The predicted molar refractivity (Wildman–Crippen MR) is 73.5 cm³/mol. The first-order chi connectivity index (χ1) is 7.85. The maximum atomic E-state index is 12.0. The molecule has 0 spiro atoms. The number of aryl methyl sites for hydroxylation is 1. The van der Waals surface area contributed by atoms with Crippen molar-refractivity contribution in [3.8, 4) is 0 Å². The van der Waals surface area contributed by atoms with Crippen molar-refractivity contribution in [2.24, 2.45) is 0 Å². The van der Waals surface area contributed by atoms with E-state index in [0.29, 0.717) is 6.42 Å². The minimum atomic E-state index is -0.236. The highest BCUT2D eigenvalue weighted by Gasteiger charge is 2.18. The van der Waals surface area contributed by atoms with Crippen LogP contribution in [0.3, 0.4) is 0 Å². The highest BCUT2D eigenvalue weighted by atomic mass is 79.9. The lowest BCUT2D eigenvalue weighted by Gasteiger charge is -2.22. The van der Waals surface area contributed by atoms with Crippen molar-refractivity contribution in [3.05, 3.63) is 33.8 Å². The molecule has 1 rings (SSSR count). The van der Waals surface area contributed by atoms with Crippen LogP contribution in [0.15, 0.2) is 22.7 Å². The molecule has 17 heavy (non-hydrogen) atoms. The van der Waals surface area contributed by atoms with Gasteiger partial charge in [-0.15, -0.1) is 0 Å². The van der Waals surface area contributed by atoms with E-state index < -0.39 is 0 Å². The zero-order valence-electron chi connectivity index (χ0n) is 10.8. The van der Waals surface area contributed by atoms with Gasteiger partial charge in [0.1, 0.15) is 0 Å². The molecule has 0 saturated heterocycles. The van der Waals surface area contributed by atoms with Gasteiger partial charge in [-0.25, -0.2) is 0 Å². The Morgan fingerprint density at radius 2 is 2.06 bits per heavy atom. The monoisotopic (exact) mass is 298 g/mol. The fourth-order valence-corrected chi connectivity index (χ4v) is 1.73. The Labute approximate surface area is 111 Å². The standard InChI is InChI=1S/C14H19BrO2/c1-10-9-11(5-6-12(10)15)13(16)7-8-14(2,3)17-4/h5-6,9H,7-8H2,1-4H3. The molecule has 2 nitrogen and oxygen atoms in total. The van der Waals surface area contributed by atoms with E-state index in [-0.39, 0.29) is 11.4 Å². The molecule has 0 saturated carbocycles. The van der Waals surface area contributed by atoms with Crippen molar-refractivity contribution >= 4 is 21.7 Å². The number of Topliss-reactive ketones (excluding diaryl/α,β-unsaturated/α-hetero) is 1. The number of methoxy groups -OCH3 is 1. The number of ketones is 1. The molecule has 0 radical (unpaired) electrons. The van der Waals surface area contributed by atoms with Gasteiger partial charge in [0, 0.05) is 23.6 Å². The molecular weight excluding hydrogens is 280 g/mol. The summed E-state index contributed by atoms with van der Waals surface area (Å²) in [4.78, 5) is 12.0. The number of hydrogen-bond acceptors (Lipinski definition) is 2. The van der Waals surface area contributed by atoms with Crippen LogP contribution in [0.5, 0.6) is 0 Å². The van der Waals surface area contributed by atoms with Gasteiger partial charge in [0.15, 0.2) is 5.78 Å². The number of benzene rings is 1. The second-order valence-corrected chi connectivity index (χ2v) is 5.71. The molecular formula is C14H19BrO2. The molecule has 0 aromatic heterocycles. The van der Waals surface area contributed by atoms with Crippen LogP contribution >= 0.6 is 15.9 Å². The molecule has 0 N–H and O–H groups in total. The van der Waals surface area contributed by atoms with E-state index in [1.54, 1.807) is 7.11 Å².